The van der Waals surface area contributed by atoms with Crippen molar-refractivity contribution < 1.29 is 19.1 Å². The first-order valence-corrected chi connectivity index (χ1v) is 11.6. The molecule has 182 valence electrons. The van der Waals surface area contributed by atoms with E-state index in [1.165, 1.54) is 7.11 Å². The zero-order valence-corrected chi connectivity index (χ0v) is 21.0. The van der Waals surface area contributed by atoms with Crippen molar-refractivity contribution in [3.63, 3.8) is 0 Å². The molecule has 0 radical (unpaired) electrons. The summed E-state index contributed by atoms with van der Waals surface area (Å²) in [6.45, 7) is 3.90. The first kappa shape index (κ1) is 26.1. The molecule has 0 bridgehead atoms. The molecular formula is C26H25Cl2N3O4. The van der Waals surface area contributed by atoms with Gasteiger partial charge in [-0.1, -0.05) is 54.4 Å². The molecule has 3 aromatic rings. The van der Waals surface area contributed by atoms with Gasteiger partial charge in [0.25, 0.3) is 0 Å². The van der Waals surface area contributed by atoms with E-state index in [0.29, 0.717) is 38.5 Å². The molecule has 9 heteroatoms. The molecule has 3 aromatic carbocycles. The number of nitrogens with one attached hydrogen (secondary N) is 2. The van der Waals surface area contributed by atoms with E-state index >= 15 is 0 Å². The minimum Gasteiger partial charge on any atom is -0.493 e. The van der Waals surface area contributed by atoms with Gasteiger partial charge in [0.2, 0.25) is 0 Å². The van der Waals surface area contributed by atoms with Gasteiger partial charge < -0.3 is 14.8 Å². The van der Waals surface area contributed by atoms with Crippen molar-refractivity contribution in [3.8, 4) is 11.5 Å². The van der Waals surface area contributed by atoms with E-state index in [1.807, 2.05) is 19.1 Å². The molecule has 0 aliphatic rings. The number of rotatable bonds is 8. The molecule has 0 saturated carbocycles. The van der Waals surface area contributed by atoms with Gasteiger partial charge in [-0.25, -0.2) is 5.43 Å². The van der Waals surface area contributed by atoms with Crippen molar-refractivity contribution in [2.45, 2.75) is 26.9 Å². The second-order valence-electron chi connectivity index (χ2n) is 7.49. The molecule has 0 spiro atoms. The van der Waals surface area contributed by atoms with Crippen LogP contribution in [0, 0.1) is 0 Å². The Hall–Kier alpha value is -3.55. The smallest absolute Gasteiger partial charge is 0.329 e. The number of nitrogens with zero attached hydrogens (tertiary/aromatic N) is 1. The quantitative estimate of drug-likeness (QED) is 0.232. The van der Waals surface area contributed by atoms with Gasteiger partial charge in [-0.2, -0.15) is 5.10 Å². The molecule has 0 aromatic heterocycles. The van der Waals surface area contributed by atoms with Crippen LogP contribution >= 0.6 is 23.2 Å². The Bertz CT molecular complexity index is 1260. The van der Waals surface area contributed by atoms with Crippen LogP contribution in [0.3, 0.4) is 0 Å². The third-order valence-corrected chi connectivity index (χ3v) is 5.74. The maximum absolute atomic E-state index is 12.3. The van der Waals surface area contributed by atoms with Gasteiger partial charge in [-0.05, 0) is 55.3 Å². The number of amides is 2. The fourth-order valence-corrected chi connectivity index (χ4v) is 3.65. The summed E-state index contributed by atoms with van der Waals surface area (Å²) in [4.78, 5) is 24.5. The number of carbonyl (C=O) groups excluding carboxylic acids is 2. The summed E-state index contributed by atoms with van der Waals surface area (Å²) in [6, 6.07) is 17.7. The second kappa shape index (κ2) is 12.2. The van der Waals surface area contributed by atoms with Crippen LogP contribution in [0.15, 0.2) is 65.8 Å². The number of methoxy groups -OCH3 is 1. The minimum atomic E-state index is -0.873. The van der Waals surface area contributed by atoms with E-state index < -0.39 is 11.8 Å². The van der Waals surface area contributed by atoms with Crippen LogP contribution in [0.4, 0.5) is 5.69 Å². The lowest BCUT2D eigenvalue weighted by molar-refractivity contribution is -0.136. The number of hydrogen-bond acceptors (Lipinski definition) is 5. The van der Waals surface area contributed by atoms with Crippen molar-refractivity contribution in [3.05, 3.63) is 87.4 Å². The average molecular weight is 514 g/mol. The number of ether oxygens (including phenoxy) is 2. The molecule has 7 nitrogen and oxygen atoms in total. The summed E-state index contributed by atoms with van der Waals surface area (Å²) in [7, 11) is 1.52. The summed E-state index contributed by atoms with van der Waals surface area (Å²) in [6.07, 6.45) is 0.726. The van der Waals surface area contributed by atoms with Crippen molar-refractivity contribution in [1.29, 1.82) is 0 Å². The molecule has 0 aliphatic carbocycles. The molecule has 0 saturated heterocycles. The van der Waals surface area contributed by atoms with E-state index in [2.05, 4.69) is 15.8 Å². The minimum absolute atomic E-state index is 0.227. The third-order valence-electron chi connectivity index (χ3n) is 5.16. The normalized spacial score (nSPS) is 11.1. The first-order chi connectivity index (χ1) is 16.8. The molecule has 2 amide bonds. The molecule has 3 rings (SSSR count). The Morgan fingerprint density at radius 1 is 0.943 bits per heavy atom. The third kappa shape index (κ3) is 6.97. The predicted molar refractivity (Wildman–Crippen MR) is 139 cm³/mol. The zero-order chi connectivity index (χ0) is 25.4. The summed E-state index contributed by atoms with van der Waals surface area (Å²) in [5.74, 6) is -0.692. The van der Waals surface area contributed by atoms with Gasteiger partial charge in [-0.3, -0.25) is 9.59 Å². The first-order valence-electron chi connectivity index (χ1n) is 10.8. The molecule has 0 heterocycles. The Balaban J connectivity index is 1.64. The molecule has 35 heavy (non-hydrogen) atoms. The fraction of sp³-hybridized carbons (Fsp3) is 0.192. The van der Waals surface area contributed by atoms with Gasteiger partial charge >= 0.3 is 11.8 Å². The predicted octanol–water partition coefficient (Wildman–Crippen LogP) is 5.62. The van der Waals surface area contributed by atoms with Gasteiger partial charge in [0.05, 0.1) is 12.8 Å². The van der Waals surface area contributed by atoms with E-state index in [0.717, 1.165) is 17.5 Å². The fourth-order valence-electron chi connectivity index (χ4n) is 3.19. The molecular weight excluding hydrogens is 489 g/mol. The molecule has 0 atom stereocenters. The van der Waals surface area contributed by atoms with Gasteiger partial charge in [0, 0.05) is 26.9 Å². The lowest BCUT2D eigenvalue weighted by atomic mass is 10.1. The van der Waals surface area contributed by atoms with Crippen molar-refractivity contribution in [2.24, 2.45) is 5.10 Å². The maximum Gasteiger partial charge on any atom is 0.329 e. The lowest BCUT2D eigenvalue weighted by Crippen LogP contribution is -2.33. The summed E-state index contributed by atoms with van der Waals surface area (Å²) < 4.78 is 11.3. The highest BCUT2D eigenvalue weighted by Gasteiger charge is 2.15. The number of para-hydroxylation sites is 1. The highest BCUT2D eigenvalue weighted by Crippen LogP contribution is 2.30. The van der Waals surface area contributed by atoms with E-state index in [1.54, 1.807) is 55.5 Å². The van der Waals surface area contributed by atoms with Gasteiger partial charge in [0.15, 0.2) is 11.5 Å². The summed E-state index contributed by atoms with van der Waals surface area (Å²) >= 11 is 12.1. The number of carbonyl (C=O) groups is 2. The zero-order valence-electron chi connectivity index (χ0n) is 19.5. The highest BCUT2D eigenvalue weighted by molar-refractivity contribution is 6.39. The number of aryl methyl sites for hydroxylation is 1. The lowest BCUT2D eigenvalue weighted by Gasteiger charge is -2.13. The summed E-state index contributed by atoms with van der Waals surface area (Å²) in [5.41, 5.74) is 5.75. The second-order valence-corrected chi connectivity index (χ2v) is 8.34. The Morgan fingerprint density at radius 3 is 2.43 bits per heavy atom. The molecule has 0 fully saturated rings. The monoisotopic (exact) mass is 513 g/mol. The Kier molecular flexibility index (Phi) is 9.11. The Labute approximate surface area is 214 Å². The van der Waals surface area contributed by atoms with Gasteiger partial charge in [-0.15, -0.1) is 0 Å². The van der Waals surface area contributed by atoms with Gasteiger partial charge in [0.1, 0.15) is 6.61 Å². The van der Waals surface area contributed by atoms with Crippen LogP contribution in [0.2, 0.25) is 10.0 Å². The highest BCUT2D eigenvalue weighted by atomic mass is 35.5. The van der Waals surface area contributed by atoms with Crippen molar-refractivity contribution >= 4 is 46.4 Å². The number of benzene rings is 3. The van der Waals surface area contributed by atoms with Crippen molar-refractivity contribution in [1.82, 2.24) is 5.43 Å². The number of halogens is 2. The topological polar surface area (TPSA) is 89.0 Å². The Morgan fingerprint density at radius 2 is 1.71 bits per heavy atom. The van der Waals surface area contributed by atoms with Crippen LogP contribution in [-0.4, -0.2) is 24.6 Å². The van der Waals surface area contributed by atoms with E-state index in [-0.39, 0.29) is 6.61 Å². The molecule has 0 unspecified atom stereocenters. The van der Waals surface area contributed by atoms with E-state index in [9.17, 15) is 9.59 Å². The van der Waals surface area contributed by atoms with Crippen LogP contribution in [0.25, 0.3) is 0 Å². The maximum atomic E-state index is 12.3. The standard InChI is InChI=1S/C26H25Cl2N3O4/c1-4-17-7-5-6-8-22(17)29-25(32)26(33)31-30-16(2)18-10-12-23(24(13-18)34-3)35-15-19-9-11-20(27)14-21(19)28/h5-14H,4,15H2,1-3H3,(H,29,32)(H,31,33). The number of hydrogen-bond donors (Lipinski definition) is 2. The van der Waals surface area contributed by atoms with E-state index in [4.69, 9.17) is 32.7 Å². The number of anilines is 1. The van der Waals surface area contributed by atoms with Crippen LogP contribution in [0.5, 0.6) is 11.5 Å². The molecule has 2 N–H and O–H groups in total. The molecule has 0 aliphatic heterocycles. The van der Waals surface area contributed by atoms with Crippen LogP contribution in [0.1, 0.15) is 30.5 Å². The summed E-state index contributed by atoms with van der Waals surface area (Å²) in [5, 5.41) is 7.71. The largest absolute Gasteiger partial charge is 0.493 e. The van der Waals surface area contributed by atoms with Crippen LogP contribution < -0.4 is 20.2 Å². The van der Waals surface area contributed by atoms with Crippen LogP contribution in [-0.2, 0) is 22.6 Å². The number of hydrazone groups is 1. The SMILES string of the molecule is CCc1ccccc1NC(=O)C(=O)NN=C(C)c1ccc(OCc2ccc(Cl)cc2Cl)c(OC)c1. The van der Waals surface area contributed by atoms with Crippen molar-refractivity contribution in [2.75, 3.05) is 12.4 Å². The average Bonchev–Trinajstić information content (AvgIpc) is 2.86.